The van der Waals surface area contributed by atoms with Gasteiger partial charge in [-0.3, -0.25) is 14.9 Å². The highest BCUT2D eigenvalue weighted by atomic mass is 19.4. The van der Waals surface area contributed by atoms with Gasteiger partial charge in [-0.05, 0) is 0 Å². The summed E-state index contributed by atoms with van der Waals surface area (Å²) in [5.41, 5.74) is 2.14. The van der Waals surface area contributed by atoms with Gasteiger partial charge in [-0.1, -0.05) is 0 Å². The first kappa shape index (κ1) is 13.0. The van der Waals surface area contributed by atoms with Gasteiger partial charge in [0, 0.05) is 18.3 Å². The van der Waals surface area contributed by atoms with Gasteiger partial charge in [-0.15, -0.1) is 13.2 Å². The average molecular weight is 253 g/mol. The Kier molecular flexibility index (Phi) is 3.36. The van der Waals surface area contributed by atoms with E-state index >= 15 is 0 Å². The maximum atomic E-state index is 12.0. The van der Waals surface area contributed by atoms with Crippen LogP contribution < -0.4 is 16.0 Å². The second-order valence-corrected chi connectivity index (χ2v) is 2.83. The van der Waals surface area contributed by atoms with Crippen molar-refractivity contribution in [3.63, 3.8) is 0 Å². The molecule has 10 heteroatoms. The largest absolute Gasteiger partial charge is 0.573 e. The topological polar surface area (TPSA) is 111 Å². The Balaban J connectivity index is 3.46. The van der Waals surface area contributed by atoms with Crippen molar-refractivity contribution in [1.82, 2.24) is 4.98 Å². The van der Waals surface area contributed by atoms with Gasteiger partial charge >= 0.3 is 17.6 Å². The third-order valence-corrected chi connectivity index (χ3v) is 1.72. The lowest BCUT2D eigenvalue weighted by molar-refractivity contribution is -0.390. The first-order chi connectivity index (χ1) is 7.76. The van der Waals surface area contributed by atoms with Crippen LogP contribution in [-0.2, 0) is 6.54 Å². The van der Waals surface area contributed by atoms with Gasteiger partial charge < -0.3 is 15.5 Å². The van der Waals surface area contributed by atoms with Crippen LogP contribution in [0.3, 0.4) is 0 Å². The van der Waals surface area contributed by atoms with Gasteiger partial charge in [0.25, 0.3) is 0 Å². The van der Waals surface area contributed by atoms with E-state index in [0.29, 0.717) is 0 Å². The van der Waals surface area contributed by atoms with Crippen LogP contribution in [0.25, 0.3) is 0 Å². The number of rotatable bonds is 3. The van der Waals surface area contributed by atoms with Crippen molar-refractivity contribution < 1.29 is 22.8 Å². The first-order valence-electron chi connectivity index (χ1n) is 4.11. The Morgan fingerprint density at radius 3 is 2.53 bits per heavy atom. The number of alkyl halides is 3. The zero-order valence-electron chi connectivity index (χ0n) is 8.08. The lowest BCUT2D eigenvalue weighted by Gasteiger charge is -2.11. The van der Waals surface area contributed by atoms with E-state index in [-0.39, 0.29) is 5.56 Å². The van der Waals surface area contributed by atoms with Crippen molar-refractivity contribution in [3.8, 4) is 5.75 Å². The van der Waals surface area contributed by atoms with Crippen LogP contribution in [0, 0.1) is 10.1 Å². The number of pyridine rings is 1. The molecule has 7 nitrogen and oxygen atoms in total. The van der Waals surface area contributed by atoms with Gasteiger partial charge in [-0.2, -0.15) is 0 Å². The highest BCUT2D eigenvalue weighted by Gasteiger charge is 2.37. The minimum Gasteiger partial charge on any atom is -0.398 e. The fourth-order valence-electron chi connectivity index (χ4n) is 1.09. The van der Waals surface area contributed by atoms with Crippen molar-refractivity contribution in [2.24, 2.45) is 5.73 Å². The predicted molar refractivity (Wildman–Crippen MR) is 48.3 cm³/mol. The molecule has 0 atom stereocenters. The van der Waals surface area contributed by atoms with Gasteiger partial charge in [0.15, 0.2) is 0 Å². The van der Waals surface area contributed by atoms with Crippen molar-refractivity contribution in [2.45, 2.75) is 12.9 Å². The lowest BCUT2D eigenvalue weighted by Crippen LogP contribution is -2.23. The number of nitrogens with two attached hydrogens (primary N) is 1. The third kappa shape index (κ3) is 2.93. The first-order valence-corrected chi connectivity index (χ1v) is 4.11. The Morgan fingerprint density at radius 2 is 2.12 bits per heavy atom. The molecule has 1 aromatic heterocycles. The molecule has 0 aromatic carbocycles. The van der Waals surface area contributed by atoms with Crippen LogP contribution in [0.2, 0.25) is 0 Å². The van der Waals surface area contributed by atoms with E-state index < -0.39 is 34.8 Å². The number of hydrogen-bond acceptors (Lipinski definition) is 5. The summed E-state index contributed by atoms with van der Waals surface area (Å²) in [6, 6.07) is 0. The number of aromatic amines is 1. The number of nitro groups is 1. The molecular weight excluding hydrogens is 247 g/mol. The summed E-state index contributed by atoms with van der Waals surface area (Å²) in [7, 11) is 0. The second kappa shape index (κ2) is 4.41. The molecule has 94 valence electrons. The van der Waals surface area contributed by atoms with Crippen molar-refractivity contribution in [3.05, 3.63) is 32.2 Å². The zero-order chi connectivity index (χ0) is 13.2. The highest BCUT2D eigenvalue weighted by Crippen LogP contribution is 2.31. The average Bonchev–Trinajstić information content (AvgIpc) is 2.15. The highest BCUT2D eigenvalue weighted by molar-refractivity contribution is 5.49. The second-order valence-electron chi connectivity index (χ2n) is 2.83. The standard InChI is InChI=1S/C7H6F3N3O4/c8-7(9,10)17-5-3(1-11)2-12-6(14)4(5)13(15)16/h2H,1,11H2,(H,12,14). The SMILES string of the molecule is NCc1c[nH]c(=O)c([N+](=O)[O-])c1OC(F)(F)F. The summed E-state index contributed by atoms with van der Waals surface area (Å²) < 4.78 is 39.6. The van der Waals surface area contributed by atoms with Crippen molar-refractivity contribution in [2.75, 3.05) is 0 Å². The van der Waals surface area contributed by atoms with Crippen LogP contribution in [0.4, 0.5) is 18.9 Å². The summed E-state index contributed by atoms with van der Waals surface area (Å²) in [6.45, 7) is -0.455. The van der Waals surface area contributed by atoms with E-state index in [9.17, 15) is 28.1 Å². The molecule has 0 fully saturated rings. The number of H-pyrrole nitrogens is 1. The normalized spacial score (nSPS) is 11.3. The van der Waals surface area contributed by atoms with E-state index in [2.05, 4.69) is 4.74 Å². The number of hydrogen-bond donors (Lipinski definition) is 2. The molecule has 17 heavy (non-hydrogen) atoms. The summed E-state index contributed by atoms with van der Waals surface area (Å²) in [5.74, 6) is -1.19. The predicted octanol–water partition coefficient (Wildman–Crippen LogP) is 0.640. The Hall–Kier alpha value is -2.10. The summed E-state index contributed by atoms with van der Waals surface area (Å²) in [5, 5.41) is 10.5. The molecule has 0 spiro atoms. The maximum absolute atomic E-state index is 12.0. The smallest absolute Gasteiger partial charge is 0.398 e. The molecule has 0 aliphatic rings. The van der Waals surface area contributed by atoms with E-state index in [4.69, 9.17) is 5.73 Å². The zero-order valence-corrected chi connectivity index (χ0v) is 8.08. The molecule has 0 bridgehead atoms. The summed E-state index contributed by atoms with van der Waals surface area (Å²) in [4.78, 5) is 22.2. The molecule has 0 saturated carbocycles. The molecule has 1 rings (SSSR count). The van der Waals surface area contributed by atoms with E-state index in [1.54, 1.807) is 0 Å². The fourth-order valence-corrected chi connectivity index (χ4v) is 1.09. The molecule has 0 amide bonds. The van der Waals surface area contributed by atoms with E-state index in [1.165, 1.54) is 0 Å². The van der Waals surface area contributed by atoms with Crippen LogP contribution in [0.5, 0.6) is 5.75 Å². The van der Waals surface area contributed by atoms with Crippen LogP contribution in [-0.4, -0.2) is 16.3 Å². The summed E-state index contributed by atoms with van der Waals surface area (Å²) in [6.07, 6.45) is -4.32. The van der Waals surface area contributed by atoms with Crippen molar-refractivity contribution in [1.29, 1.82) is 0 Å². The molecule has 3 N–H and O–H groups in total. The van der Waals surface area contributed by atoms with Crippen LogP contribution in [0.1, 0.15) is 5.56 Å². The summed E-state index contributed by atoms with van der Waals surface area (Å²) >= 11 is 0. The molecule has 0 aliphatic carbocycles. The number of ether oxygens (including phenoxy) is 1. The van der Waals surface area contributed by atoms with E-state index in [0.717, 1.165) is 6.20 Å². The van der Waals surface area contributed by atoms with Gasteiger partial charge in [0.05, 0.1) is 4.92 Å². The molecule has 0 aliphatic heterocycles. The fraction of sp³-hybridized carbons (Fsp3) is 0.286. The molecule has 0 radical (unpaired) electrons. The Morgan fingerprint density at radius 1 is 1.53 bits per heavy atom. The lowest BCUT2D eigenvalue weighted by atomic mass is 10.2. The molecular formula is C7H6F3N3O4. The maximum Gasteiger partial charge on any atom is 0.573 e. The monoisotopic (exact) mass is 253 g/mol. The van der Waals surface area contributed by atoms with Crippen LogP contribution >= 0.6 is 0 Å². The molecule has 0 saturated heterocycles. The number of halogens is 3. The Bertz CT molecular complexity index is 496. The van der Waals surface area contributed by atoms with E-state index in [1.807, 2.05) is 4.98 Å². The quantitative estimate of drug-likeness (QED) is 0.606. The number of nitrogens with one attached hydrogen (secondary N) is 1. The molecule has 0 unspecified atom stereocenters. The minimum atomic E-state index is -5.15. The minimum absolute atomic E-state index is 0.325. The molecule has 1 heterocycles. The molecule has 1 aromatic rings. The van der Waals surface area contributed by atoms with Crippen LogP contribution in [0.15, 0.2) is 11.0 Å². The van der Waals surface area contributed by atoms with Gasteiger partial charge in [0.1, 0.15) is 0 Å². The van der Waals surface area contributed by atoms with Crippen molar-refractivity contribution >= 4 is 5.69 Å². The van der Waals surface area contributed by atoms with Gasteiger partial charge in [0.2, 0.25) is 5.75 Å². The number of nitrogens with zero attached hydrogens (tertiary/aromatic N) is 1. The number of aromatic nitrogens is 1. The third-order valence-electron chi connectivity index (χ3n) is 1.72. The Labute approximate surface area is 91.1 Å². The van der Waals surface area contributed by atoms with Gasteiger partial charge in [-0.25, -0.2) is 0 Å².